The molecule has 1 heteroatoms. The van der Waals surface area contributed by atoms with Crippen molar-refractivity contribution < 1.29 is 4.57 Å². The van der Waals surface area contributed by atoms with Gasteiger partial charge in [-0.2, -0.15) is 0 Å². The predicted octanol–water partition coefficient (Wildman–Crippen LogP) is 3.36. The zero-order chi connectivity index (χ0) is 12.4. The molecule has 0 aliphatic heterocycles. The molecule has 1 aromatic carbocycles. The third-order valence-corrected chi connectivity index (χ3v) is 3.29. The Bertz CT molecular complexity index is 541. The van der Waals surface area contributed by atoms with Crippen molar-refractivity contribution in [1.29, 1.82) is 0 Å². The summed E-state index contributed by atoms with van der Waals surface area (Å²) in [7, 11) is 2.10. The Balaban J connectivity index is 2.62. The van der Waals surface area contributed by atoms with E-state index >= 15 is 0 Å². The van der Waals surface area contributed by atoms with Crippen LogP contribution < -0.4 is 4.57 Å². The average Bonchev–Trinajstić information content (AvgIpc) is 2.33. The Labute approximate surface area is 104 Å². The first-order chi connectivity index (χ1) is 8.11. The second-order valence-electron chi connectivity index (χ2n) is 4.70. The smallest absolute Gasteiger partial charge is 0.201 e. The van der Waals surface area contributed by atoms with Crippen LogP contribution in [0.4, 0.5) is 0 Å². The Morgan fingerprint density at radius 3 is 2.53 bits per heavy atom. The normalized spacial score (nSPS) is 10.6. The second kappa shape index (κ2) is 4.70. The summed E-state index contributed by atoms with van der Waals surface area (Å²) in [5, 5.41) is 0. The Kier molecular flexibility index (Phi) is 3.28. The molecule has 0 aliphatic carbocycles. The highest BCUT2D eigenvalue weighted by Gasteiger charge is 2.12. The quantitative estimate of drug-likeness (QED) is 0.691. The SMILES string of the molecule is CCc1ccc(C)c(-c2cc(C)cc[n+]2C)c1. The van der Waals surface area contributed by atoms with Gasteiger partial charge in [0.1, 0.15) is 7.05 Å². The van der Waals surface area contributed by atoms with Crippen LogP contribution in [0.3, 0.4) is 0 Å². The van der Waals surface area contributed by atoms with Gasteiger partial charge in [-0.05, 0) is 43.0 Å². The molecule has 0 saturated heterocycles. The van der Waals surface area contributed by atoms with Gasteiger partial charge < -0.3 is 0 Å². The lowest BCUT2D eigenvalue weighted by molar-refractivity contribution is -0.660. The number of aryl methyl sites for hydroxylation is 4. The van der Waals surface area contributed by atoms with E-state index in [0.717, 1.165) is 6.42 Å². The van der Waals surface area contributed by atoms with Gasteiger partial charge in [-0.15, -0.1) is 0 Å². The van der Waals surface area contributed by atoms with Crippen LogP contribution in [0, 0.1) is 13.8 Å². The predicted molar refractivity (Wildman–Crippen MR) is 71.9 cm³/mol. The van der Waals surface area contributed by atoms with E-state index in [4.69, 9.17) is 0 Å². The highest BCUT2D eigenvalue weighted by Crippen LogP contribution is 2.22. The van der Waals surface area contributed by atoms with Gasteiger partial charge >= 0.3 is 0 Å². The van der Waals surface area contributed by atoms with Crippen molar-refractivity contribution in [2.24, 2.45) is 7.05 Å². The first-order valence-corrected chi connectivity index (χ1v) is 6.18. The van der Waals surface area contributed by atoms with Crippen molar-refractivity contribution in [2.45, 2.75) is 27.2 Å². The maximum Gasteiger partial charge on any atom is 0.212 e. The van der Waals surface area contributed by atoms with Gasteiger partial charge in [-0.25, -0.2) is 4.57 Å². The van der Waals surface area contributed by atoms with E-state index in [-0.39, 0.29) is 0 Å². The number of nitrogens with zero attached hydrogens (tertiary/aromatic N) is 1. The van der Waals surface area contributed by atoms with E-state index in [0.29, 0.717) is 0 Å². The molecule has 88 valence electrons. The minimum Gasteiger partial charge on any atom is -0.201 e. The largest absolute Gasteiger partial charge is 0.212 e. The number of hydrogen-bond acceptors (Lipinski definition) is 0. The topological polar surface area (TPSA) is 3.88 Å². The molecular formula is C16H20N+. The maximum absolute atomic E-state index is 2.31. The Morgan fingerprint density at radius 2 is 1.82 bits per heavy atom. The van der Waals surface area contributed by atoms with Gasteiger partial charge in [0.15, 0.2) is 6.20 Å². The standard InChI is InChI=1S/C16H20N/c1-5-14-7-6-13(3)15(11-14)16-10-12(2)8-9-17(16)4/h6-11H,5H2,1-4H3/q+1. The minimum absolute atomic E-state index is 1.09. The number of rotatable bonds is 2. The molecule has 0 atom stereocenters. The fraction of sp³-hybridized carbons (Fsp3) is 0.312. The van der Waals surface area contributed by atoms with Crippen molar-refractivity contribution >= 4 is 0 Å². The van der Waals surface area contributed by atoms with Crippen LogP contribution in [-0.4, -0.2) is 0 Å². The molecule has 2 aromatic rings. The van der Waals surface area contributed by atoms with Crippen LogP contribution in [0.1, 0.15) is 23.6 Å². The summed E-state index contributed by atoms with van der Waals surface area (Å²) in [6, 6.07) is 11.1. The number of benzene rings is 1. The summed E-state index contributed by atoms with van der Waals surface area (Å²) in [6.07, 6.45) is 3.21. The number of pyridine rings is 1. The third kappa shape index (κ3) is 2.38. The van der Waals surface area contributed by atoms with Crippen molar-refractivity contribution in [1.82, 2.24) is 0 Å². The van der Waals surface area contributed by atoms with E-state index in [1.165, 1.54) is 27.9 Å². The molecule has 1 nitrogen and oxygen atoms in total. The van der Waals surface area contributed by atoms with E-state index < -0.39 is 0 Å². The molecule has 17 heavy (non-hydrogen) atoms. The van der Waals surface area contributed by atoms with Crippen LogP contribution in [-0.2, 0) is 13.5 Å². The van der Waals surface area contributed by atoms with Gasteiger partial charge in [0, 0.05) is 17.7 Å². The monoisotopic (exact) mass is 226 g/mol. The zero-order valence-corrected chi connectivity index (χ0v) is 11.1. The lowest BCUT2D eigenvalue weighted by atomic mass is 9.99. The molecule has 0 bridgehead atoms. The molecule has 0 aliphatic rings. The van der Waals surface area contributed by atoms with Crippen LogP contribution >= 0.6 is 0 Å². The fourth-order valence-corrected chi connectivity index (χ4v) is 2.11. The van der Waals surface area contributed by atoms with Gasteiger partial charge in [0.05, 0.1) is 0 Å². The molecule has 0 radical (unpaired) electrons. The summed E-state index contributed by atoms with van der Waals surface area (Å²) >= 11 is 0. The van der Waals surface area contributed by atoms with Crippen LogP contribution in [0.25, 0.3) is 11.3 Å². The maximum atomic E-state index is 2.31. The molecule has 0 amide bonds. The van der Waals surface area contributed by atoms with E-state index in [1.807, 2.05) is 0 Å². The minimum atomic E-state index is 1.09. The molecule has 0 saturated carbocycles. The second-order valence-corrected chi connectivity index (χ2v) is 4.70. The van der Waals surface area contributed by atoms with Crippen LogP contribution in [0.15, 0.2) is 36.5 Å². The van der Waals surface area contributed by atoms with Crippen LogP contribution in [0.5, 0.6) is 0 Å². The molecule has 0 spiro atoms. The first kappa shape index (κ1) is 11.8. The van der Waals surface area contributed by atoms with E-state index in [2.05, 4.69) is 68.9 Å². The van der Waals surface area contributed by atoms with E-state index in [1.54, 1.807) is 0 Å². The summed E-state index contributed by atoms with van der Waals surface area (Å²) < 4.78 is 2.19. The van der Waals surface area contributed by atoms with Crippen LogP contribution in [0.2, 0.25) is 0 Å². The number of hydrogen-bond donors (Lipinski definition) is 0. The third-order valence-electron chi connectivity index (χ3n) is 3.29. The van der Waals surface area contributed by atoms with E-state index in [9.17, 15) is 0 Å². The Morgan fingerprint density at radius 1 is 1.06 bits per heavy atom. The molecule has 1 aromatic heterocycles. The molecular weight excluding hydrogens is 206 g/mol. The molecule has 0 N–H and O–H groups in total. The lowest BCUT2D eigenvalue weighted by Gasteiger charge is -2.07. The summed E-state index contributed by atoms with van der Waals surface area (Å²) in [4.78, 5) is 0. The fourth-order valence-electron chi connectivity index (χ4n) is 2.11. The highest BCUT2D eigenvalue weighted by atomic mass is 14.9. The molecule has 1 heterocycles. The van der Waals surface area contributed by atoms with Gasteiger partial charge in [-0.1, -0.05) is 19.1 Å². The zero-order valence-electron chi connectivity index (χ0n) is 11.1. The molecule has 0 unspecified atom stereocenters. The van der Waals surface area contributed by atoms with Gasteiger partial charge in [-0.3, -0.25) is 0 Å². The summed E-state index contributed by atoms with van der Waals surface area (Å²) in [5.74, 6) is 0. The van der Waals surface area contributed by atoms with Crippen molar-refractivity contribution in [2.75, 3.05) is 0 Å². The lowest BCUT2D eigenvalue weighted by Crippen LogP contribution is -2.30. The molecule has 0 fully saturated rings. The van der Waals surface area contributed by atoms with Crippen molar-refractivity contribution in [3.63, 3.8) is 0 Å². The highest BCUT2D eigenvalue weighted by molar-refractivity contribution is 5.62. The molecule has 2 rings (SSSR count). The summed E-state index contributed by atoms with van der Waals surface area (Å²) in [6.45, 7) is 6.52. The first-order valence-electron chi connectivity index (χ1n) is 6.18. The average molecular weight is 226 g/mol. The summed E-state index contributed by atoms with van der Waals surface area (Å²) in [5.41, 5.74) is 6.67. The van der Waals surface area contributed by atoms with Crippen molar-refractivity contribution in [3.8, 4) is 11.3 Å². The van der Waals surface area contributed by atoms with Gasteiger partial charge in [0.25, 0.3) is 0 Å². The van der Waals surface area contributed by atoms with Crippen molar-refractivity contribution in [3.05, 3.63) is 53.2 Å². The Hall–Kier alpha value is -1.63. The number of aromatic nitrogens is 1. The van der Waals surface area contributed by atoms with Gasteiger partial charge in [0.2, 0.25) is 5.69 Å².